The van der Waals surface area contributed by atoms with Gasteiger partial charge in [0.15, 0.2) is 0 Å². The monoisotopic (exact) mass is 357 g/mol. The van der Waals surface area contributed by atoms with E-state index in [2.05, 4.69) is 10.2 Å². The van der Waals surface area contributed by atoms with E-state index in [1.165, 1.54) is 0 Å². The number of hydrogen-bond donors (Lipinski definition) is 1. The highest BCUT2D eigenvalue weighted by Gasteiger charge is 2.35. The maximum absolute atomic E-state index is 12.7. The summed E-state index contributed by atoms with van der Waals surface area (Å²) in [5, 5.41) is 6.34. The fraction of sp³-hybridized carbons (Fsp3) is 0.474. The maximum atomic E-state index is 12.7. The minimum absolute atomic E-state index is 0.0168. The van der Waals surface area contributed by atoms with Crippen LogP contribution in [0.1, 0.15) is 29.6 Å². The van der Waals surface area contributed by atoms with Gasteiger partial charge in [-0.2, -0.15) is 0 Å². The lowest BCUT2D eigenvalue weighted by atomic mass is 10.0. The van der Waals surface area contributed by atoms with Crippen LogP contribution in [-0.2, 0) is 4.79 Å². The zero-order valence-corrected chi connectivity index (χ0v) is 15.2. The molecule has 1 aromatic heterocycles. The van der Waals surface area contributed by atoms with Crippen molar-refractivity contribution in [3.63, 3.8) is 0 Å². The molecule has 0 spiro atoms. The zero-order valence-electron chi connectivity index (χ0n) is 14.4. The van der Waals surface area contributed by atoms with E-state index in [1.807, 2.05) is 41.6 Å². The fourth-order valence-corrected chi connectivity index (χ4v) is 4.84. The number of benzene rings is 1. The molecule has 2 amide bonds. The number of carbonyl (C=O) groups is 2. The molecule has 132 valence electrons. The van der Waals surface area contributed by atoms with Gasteiger partial charge in [0.05, 0.1) is 11.6 Å². The van der Waals surface area contributed by atoms with Gasteiger partial charge in [-0.25, -0.2) is 0 Å². The van der Waals surface area contributed by atoms with Crippen LogP contribution in [-0.4, -0.2) is 60.4 Å². The molecule has 2 saturated heterocycles. The molecule has 25 heavy (non-hydrogen) atoms. The Balaban J connectivity index is 1.36. The summed E-state index contributed by atoms with van der Waals surface area (Å²) in [5.74, 6) is 0.259. The second kappa shape index (κ2) is 6.77. The molecule has 6 heteroatoms. The molecular formula is C19H23N3O2S. The number of amides is 2. The standard InChI is InChI=1S/C19H23N3O2S/c1-21-9-7-16(19(21)24)22-10-5-14(6-11-22)20-18(23)15-4-2-3-13-8-12-25-17(13)15/h2-4,8,12,14,16H,5-7,9-11H2,1H3,(H,20,23)/t16-/m0/s1. The van der Waals surface area contributed by atoms with Gasteiger partial charge in [0.2, 0.25) is 5.91 Å². The van der Waals surface area contributed by atoms with Crippen LogP contribution < -0.4 is 5.32 Å². The fourth-order valence-electron chi connectivity index (χ4n) is 3.93. The molecule has 2 aromatic rings. The quantitative estimate of drug-likeness (QED) is 0.917. The molecule has 0 unspecified atom stereocenters. The lowest BCUT2D eigenvalue weighted by molar-refractivity contribution is -0.131. The Morgan fingerprint density at radius 2 is 1.96 bits per heavy atom. The zero-order chi connectivity index (χ0) is 17.4. The van der Waals surface area contributed by atoms with Crippen molar-refractivity contribution in [2.45, 2.75) is 31.3 Å². The smallest absolute Gasteiger partial charge is 0.252 e. The van der Waals surface area contributed by atoms with Crippen molar-refractivity contribution in [2.75, 3.05) is 26.7 Å². The average molecular weight is 357 g/mol. The van der Waals surface area contributed by atoms with E-state index in [-0.39, 0.29) is 23.9 Å². The van der Waals surface area contributed by atoms with E-state index in [0.29, 0.717) is 0 Å². The highest BCUT2D eigenvalue weighted by Crippen LogP contribution is 2.25. The van der Waals surface area contributed by atoms with Gasteiger partial charge in [-0.3, -0.25) is 14.5 Å². The number of hydrogen-bond acceptors (Lipinski definition) is 4. The van der Waals surface area contributed by atoms with Gasteiger partial charge < -0.3 is 10.2 Å². The highest BCUT2D eigenvalue weighted by atomic mass is 32.1. The molecule has 2 fully saturated rings. The number of nitrogens with zero attached hydrogens (tertiary/aromatic N) is 2. The number of thiophene rings is 1. The molecule has 0 saturated carbocycles. The summed E-state index contributed by atoms with van der Waals surface area (Å²) in [5.41, 5.74) is 0.766. The third-order valence-electron chi connectivity index (χ3n) is 5.43. The Bertz CT molecular complexity index is 795. The Hall–Kier alpha value is -1.92. The predicted molar refractivity (Wildman–Crippen MR) is 99.9 cm³/mol. The van der Waals surface area contributed by atoms with E-state index in [1.54, 1.807) is 11.3 Å². The molecule has 2 aliphatic heterocycles. The highest BCUT2D eigenvalue weighted by molar-refractivity contribution is 7.17. The van der Waals surface area contributed by atoms with Crippen molar-refractivity contribution in [1.82, 2.24) is 15.1 Å². The van der Waals surface area contributed by atoms with Crippen molar-refractivity contribution < 1.29 is 9.59 Å². The van der Waals surface area contributed by atoms with Gasteiger partial charge in [-0.1, -0.05) is 12.1 Å². The number of likely N-dealkylation sites (N-methyl/N-ethyl adjacent to an activating group) is 1. The van der Waals surface area contributed by atoms with Crippen molar-refractivity contribution in [3.8, 4) is 0 Å². The Labute approximate surface area is 151 Å². The predicted octanol–water partition coefficient (Wildman–Crippen LogP) is 2.33. The number of likely N-dealkylation sites (tertiary alicyclic amines) is 2. The van der Waals surface area contributed by atoms with Crippen LogP contribution in [0.2, 0.25) is 0 Å². The normalized spacial score (nSPS) is 22.7. The number of piperidine rings is 1. The van der Waals surface area contributed by atoms with Gasteiger partial charge in [0.1, 0.15) is 0 Å². The number of carbonyl (C=O) groups excluding carboxylic acids is 2. The first-order valence-electron chi connectivity index (χ1n) is 8.89. The number of fused-ring (bicyclic) bond motifs is 1. The van der Waals surface area contributed by atoms with Crippen LogP contribution >= 0.6 is 11.3 Å². The van der Waals surface area contributed by atoms with Gasteiger partial charge in [-0.15, -0.1) is 11.3 Å². The number of nitrogens with one attached hydrogen (secondary N) is 1. The molecule has 0 bridgehead atoms. The topological polar surface area (TPSA) is 52.6 Å². The van der Waals surface area contributed by atoms with Crippen LogP contribution in [0.3, 0.4) is 0 Å². The van der Waals surface area contributed by atoms with Crippen LogP contribution in [0.15, 0.2) is 29.6 Å². The summed E-state index contributed by atoms with van der Waals surface area (Å²) in [6, 6.07) is 8.15. The summed E-state index contributed by atoms with van der Waals surface area (Å²) in [4.78, 5) is 28.9. The summed E-state index contributed by atoms with van der Waals surface area (Å²) < 4.78 is 1.05. The minimum Gasteiger partial charge on any atom is -0.349 e. The van der Waals surface area contributed by atoms with E-state index < -0.39 is 0 Å². The van der Waals surface area contributed by atoms with Crippen molar-refractivity contribution in [3.05, 3.63) is 35.2 Å². The van der Waals surface area contributed by atoms with E-state index in [4.69, 9.17) is 0 Å². The summed E-state index contributed by atoms with van der Waals surface area (Å²) in [6.07, 6.45) is 2.73. The maximum Gasteiger partial charge on any atom is 0.252 e. The first-order valence-corrected chi connectivity index (χ1v) is 9.77. The first kappa shape index (κ1) is 16.5. The molecule has 1 aromatic carbocycles. The third-order valence-corrected chi connectivity index (χ3v) is 6.39. The molecule has 1 atom stereocenters. The molecule has 4 rings (SSSR count). The largest absolute Gasteiger partial charge is 0.349 e. The Morgan fingerprint density at radius 3 is 2.68 bits per heavy atom. The molecule has 2 aliphatic rings. The average Bonchev–Trinajstić information content (AvgIpc) is 3.23. The van der Waals surface area contributed by atoms with Crippen molar-refractivity contribution in [2.24, 2.45) is 0 Å². The van der Waals surface area contributed by atoms with Crippen LogP contribution in [0.4, 0.5) is 0 Å². The van der Waals surface area contributed by atoms with Gasteiger partial charge in [0, 0.05) is 37.4 Å². The lowest BCUT2D eigenvalue weighted by Crippen LogP contribution is -2.50. The summed E-state index contributed by atoms with van der Waals surface area (Å²) in [6.45, 7) is 2.60. The number of rotatable bonds is 3. The van der Waals surface area contributed by atoms with Crippen molar-refractivity contribution >= 4 is 33.2 Å². The Morgan fingerprint density at radius 1 is 1.16 bits per heavy atom. The second-order valence-corrected chi connectivity index (χ2v) is 7.91. The van der Waals surface area contributed by atoms with Gasteiger partial charge in [-0.05, 0) is 42.2 Å². The minimum atomic E-state index is 0.0168. The summed E-state index contributed by atoms with van der Waals surface area (Å²) in [7, 11) is 1.88. The SMILES string of the molecule is CN1CC[C@H](N2CCC(NC(=O)c3cccc4ccsc34)CC2)C1=O. The molecule has 5 nitrogen and oxygen atoms in total. The van der Waals surface area contributed by atoms with E-state index >= 15 is 0 Å². The molecule has 0 aliphatic carbocycles. The first-order chi connectivity index (χ1) is 12.1. The molecule has 1 N–H and O–H groups in total. The summed E-state index contributed by atoms with van der Waals surface area (Å²) >= 11 is 1.61. The molecule has 3 heterocycles. The van der Waals surface area contributed by atoms with Crippen LogP contribution in [0.25, 0.3) is 10.1 Å². The van der Waals surface area contributed by atoms with Gasteiger partial charge >= 0.3 is 0 Å². The molecular weight excluding hydrogens is 334 g/mol. The van der Waals surface area contributed by atoms with Gasteiger partial charge in [0.25, 0.3) is 5.91 Å². The van der Waals surface area contributed by atoms with Crippen LogP contribution in [0.5, 0.6) is 0 Å². The van der Waals surface area contributed by atoms with Crippen LogP contribution in [0, 0.1) is 0 Å². The molecule has 0 radical (unpaired) electrons. The van der Waals surface area contributed by atoms with E-state index in [0.717, 1.165) is 54.5 Å². The third kappa shape index (κ3) is 3.16. The van der Waals surface area contributed by atoms with Crippen molar-refractivity contribution in [1.29, 1.82) is 0 Å². The lowest BCUT2D eigenvalue weighted by Gasteiger charge is -2.35. The Kier molecular flexibility index (Phi) is 4.48. The van der Waals surface area contributed by atoms with E-state index in [9.17, 15) is 9.59 Å². The second-order valence-electron chi connectivity index (χ2n) is 6.99.